The molecule has 4 N–H and O–H groups in total. The molecule has 2 nitrogen and oxygen atoms in total. The lowest BCUT2D eigenvalue weighted by Gasteiger charge is -2.34. The Morgan fingerprint density at radius 2 is 1.78 bits per heavy atom. The van der Waals surface area contributed by atoms with Gasteiger partial charge in [0.25, 0.3) is 0 Å². The summed E-state index contributed by atoms with van der Waals surface area (Å²) in [5.74, 6) is 0.150. The number of nitrogens with two attached hydrogens (primary N) is 2. The first kappa shape index (κ1) is 13.1. The van der Waals surface area contributed by atoms with Crippen molar-refractivity contribution in [2.45, 2.75) is 33.4 Å². The molecule has 18 heavy (non-hydrogen) atoms. The van der Waals surface area contributed by atoms with Gasteiger partial charge in [-0.25, -0.2) is 0 Å². The van der Waals surface area contributed by atoms with E-state index in [1.807, 2.05) is 6.08 Å². The Bertz CT molecular complexity index is 536. The molecule has 0 heterocycles. The fourth-order valence-electron chi connectivity index (χ4n) is 2.46. The van der Waals surface area contributed by atoms with Crippen molar-refractivity contribution in [3.63, 3.8) is 0 Å². The van der Waals surface area contributed by atoms with E-state index < -0.39 is 5.66 Å². The third-order valence-corrected chi connectivity index (χ3v) is 4.26. The van der Waals surface area contributed by atoms with Gasteiger partial charge in [-0.1, -0.05) is 36.8 Å². The number of rotatable bonds is 1. The summed E-state index contributed by atoms with van der Waals surface area (Å²) in [6.07, 6.45) is 3.99. The molecule has 0 aliphatic heterocycles. The molecule has 1 aliphatic rings. The summed E-state index contributed by atoms with van der Waals surface area (Å²) in [6, 6.07) is 6.41. The highest BCUT2D eigenvalue weighted by molar-refractivity contribution is 5.80. The van der Waals surface area contributed by atoms with Crippen molar-refractivity contribution in [1.82, 2.24) is 0 Å². The number of hydrogen-bond acceptors (Lipinski definition) is 2. The van der Waals surface area contributed by atoms with E-state index in [0.717, 1.165) is 0 Å². The highest BCUT2D eigenvalue weighted by atomic mass is 15.0. The van der Waals surface area contributed by atoms with Crippen molar-refractivity contribution >= 4 is 5.57 Å². The van der Waals surface area contributed by atoms with Gasteiger partial charge >= 0.3 is 0 Å². The van der Waals surface area contributed by atoms with Crippen LogP contribution in [0.15, 0.2) is 35.9 Å². The standard InChI is InChI=1S/C16H22N2/c1-10-6-5-7-14(11(10)2)15-8-9-16(17,18)13(4)12(15)3/h5-9,13H,17-18H2,1-4H3. The van der Waals surface area contributed by atoms with E-state index >= 15 is 0 Å². The minimum absolute atomic E-state index is 0.150. The Balaban J connectivity index is 2.56. The molecule has 2 heteroatoms. The van der Waals surface area contributed by atoms with Crippen LogP contribution in [0.3, 0.4) is 0 Å². The molecule has 2 rings (SSSR count). The lowest BCUT2D eigenvalue weighted by atomic mass is 9.79. The Labute approximate surface area is 109 Å². The number of hydrogen-bond donors (Lipinski definition) is 2. The molecule has 0 radical (unpaired) electrons. The average Bonchev–Trinajstić information content (AvgIpc) is 2.31. The van der Waals surface area contributed by atoms with E-state index in [9.17, 15) is 0 Å². The van der Waals surface area contributed by atoms with E-state index in [4.69, 9.17) is 11.5 Å². The lowest BCUT2D eigenvalue weighted by Crippen LogP contribution is -2.54. The number of allylic oxidation sites excluding steroid dienone is 2. The summed E-state index contributed by atoms with van der Waals surface area (Å²) < 4.78 is 0. The van der Waals surface area contributed by atoms with Crippen LogP contribution >= 0.6 is 0 Å². The van der Waals surface area contributed by atoms with Crippen LogP contribution in [0, 0.1) is 19.8 Å². The van der Waals surface area contributed by atoms with Gasteiger partial charge in [0.05, 0.1) is 5.66 Å². The van der Waals surface area contributed by atoms with Crippen molar-refractivity contribution in [3.05, 3.63) is 52.6 Å². The smallest absolute Gasteiger partial charge is 0.0896 e. The van der Waals surface area contributed by atoms with Crippen LogP contribution in [0.2, 0.25) is 0 Å². The lowest BCUT2D eigenvalue weighted by molar-refractivity contribution is 0.415. The second kappa shape index (κ2) is 4.38. The third-order valence-electron chi connectivity index (χ3n) is 4.26. The molecule has 1 aromatic carbocycles. The van der Waals surface area contributed by atoms with Gasteiger partial charge < -0.3 is 11.5 Å². The summed E-state index contributed by atoms with van der Waals surface area (Å²) in [4.78, 5) is 0. The second-order valence-corrected chi connectivity index (χ2v) is 5.40. The van der Waals surface area contributed by atoms with Gasteiger partial charge in [0.15, 0.2) is 0 Å². The predicted octanol–water partition coefficient (Wildman–Crippen LogP) is 2.90. The SMILES string of the molecule is CC1=C(c2cccc(C)c2C)C=CC(N)(N)C1C. The van der Waals surface area contributed by atoms with E-state index in [1.54, 1.807) is 0 Å². The van der Waals surface area contributed by atoms with Gasteiger partial charge in [0, 0.05) is 5.92 Å². The fourth-order valence-corrected chi connectivity index (χ4v) is 2.46. The Kier molecular flexibility index (Phi) is 3.18. The van der Waals surface area contributed by atoms with E-state index in [0.29, 0.717) is 0 Å². The molecule has 0 bridgehead atoms. The molecule has 0 amide bonds. The van der Waals surface area contributed by atoms with Gasteiger partial charge in [-0.2, -0.15) is 0 Å². The summed E-state index contributed by atoms with van der Waals surface area (Å²) >= 11 is 0. The maximum Gasteiger partial charge on any atom is 0.0896 e. The van der Waals surface area contributed by atoms with Crippen molar-refractivity contribution in [2.75, 3.05) is 0 Å². The van der Waals surface area contributed by atoms with Gasteiger partial charge in [-0.05, 0) is 49.1 Å². The van der Waals surface area contributed by atoms with Crippen LogP contribution < -0.4 is 11.5 Å². The molecule has 0 saturated heterocycles. The second-order valence-electron chi connectivity index (χ2n) is 5.40. The first-order chi connectivity index (χ1) is 8.34. The van der Waals surface area contributed by atoms with E-state index in [2.05, 4.69) is 52.0 Å². The molecule has 1 aromatic rings. The third kappa shape index (κ3) is 2.02. The highest BCUT2D eigenvalue weighted by Gasteiger charge is 2.30. The van der Waals surface area contributed by atoms with Crippen molar-refractivity contribution < 1.29 is 0 Å². The zero-order chi connectivity index (χ0) is 13.5. The monoisotopic (exact) mass is 242 g/mol. The Hall–Kier alpha value is -1.38. The Morgan fingerprint density at radius 1 is 1.11 bits per heavy atom. The maximum absolute atomic E-state index is 6.08. The summed E-state index contributed by atoms with van der Waals surface area (Å²) in [7, 11) is 0. The molecule has 1 atom stereocenters. The van der Waals surface area contributed by atoms with E-state index in [-0.39, 0.29) is 5.92 Å². The summed E-state index contributed by atoms with van der Waals surface area (Å²) in [5.41, 5.74) is 17.9. The molecular formula is C16H22N2. The van der Waals surface area contributed by atoms with Crippen molar-refractivity contribution in [1.29, 1.82) is 0 Å². The van der Waals surface area contributed by atoms with Crippen LogP contribution in [-0.4, -0.2) is 5.66 Å². The van der Waals surface area contributed by atoms with Crippen LogP contribution in [0.5, 0.6) is 0 Å². The predicted molar refractivity (Wildman–Crippen MR) is 77.9 cm³/mol. The van der Waals surface area contributed by atoms with Crippen LogP contribution in [-0.2, 0) is 0 Å². The molecule has 0 spiro atoms. The van der Waals surface area contributed by atoms with Crippen LogP contribution in [0.1, 0.15) is 30.5 Å². The first-order valence-electron chi connectivity index (χ1n) is 6.39. The topological polar surface area (TPSA) is 52.0 Å². The molecular weight excluding hydrogens is 220 g/mol. The zero-order valence-corrected chi connectivity index (χ0v) is 11.6. The normalized spacial score (nSPS) is 22.4. The molecule has 0 saturated carbocycles. The maximum atomic E-state index is 6.08. The summed E-state index contributed by atoms with van der Waals surface area (Å²) in [6.45, 7) is 8.51. The van der Waals surface area contributed by atoms with Crippen molar-refractivity contribution in [3.8, 4) is 0 Å². The van der Waals surface area contributed by atoms with Gasteiger partial charge in [0.1, 0.15) is 0 Å². The van der Waals surface area contributed by atoms with Gasteiger partial charge in [0.2, 0.25) is 0 Å². The molecule has 1 aliphatic carbocycles. The zero-order valence-electron chi connectivity index (χ0n) is 11.6. The van der Waals surface area contributed by atoms with Crippen LogP contribution in [0.25, 0.3) is 5.57 Å². The largest absolute Gasteiger partial charge is 0.310 e. The molecule has 1 unspecified atom stereocenters. The quantitative estimate of drug-likeness (QED) is 0.744. The average molecular weight is 242 g/mol. The minimum Gasteiger partial charge on any atom is -0.310 e. The van der Waals surface area contributed by atoms with Gasteiger partial charge in [-0.3, -0.25) is 0 Å². The minimum atomic E-state index is -0.731. The molecule has 0 aromatic heterocycles. The number of benzene rings is 1. The molecule has 0 fully saturated rings. The summed E-state index contributed by atoms with van der Waals surface area (Å²) in [5, 5.41) is 0. The van der Waals surface area contributed by atoms with Crippen molar-refractivity contribution in [2.24, 2.45) is 17.4 Å². The van der Waals surface area contributed by atoms with E-state index in [1.165, 1.54) is 27.8 Å². The Morgan fingerprint density at radius 3 is 2.44 bits per heavy atom. The fraction of sp³-hybridized carbons (Fsp3) is 0.375. The molecule has 96 valence electrons. The van der Waals surface area contributed by atoms with Gasteiger partial charge in [-0.15, -0.1) is 0 Å². The highest BCUT2D eigenvalue weighted by Crippen LogP contribution is 2.35. The van der Waals surface area contributed by atoms with Crippen LogP contribution in [0.4, 0.5) is 0 Å². The first-order valence-corrected chi connectivity index (χ1v) is 6.39. The number of aryl methyl sites for hydroxylation is 1.